The molecule has 1 unspecified atom stereocenters. The number of methoxy groups -OCH3 is 1. The van der Waals surface area contributed by atoms with Crippen LogP contribution >= 0.6 is 0 Å². The fraction of sp³-hybridized carbons (Fsp3) is 0.500. The second kappa shape index (κ2) is 6.03. The van der Waals surface area contributed by atoms with Gasteiger partial charge in [-0.25, -0.2) is 17.9 Å². The molecule has 7 heteroatoms. The van der Waals surface area contributed by atoms with Crippen LogP contribution in [-0.4, -0.2) is 32.6 Å². The van der Waals surface area contributed by atoms with Gasteiger partial charge >= 0.3 is 5.97 Å². The molecule has 1 atom stereocenters. The van der Waals surface area contributed by atoms with Crippen LogP contribution in [0.15, 0.2) is 23.1 Å². The van der Waals surface area contributed by atoms with E-state index in [0.29, 0.717) is 0 Å². The van der Waals surface area contributed by atoms with Crippen molar-refractivity contribution in [2.45, 2.75) is 38.6 Å². The Hall–Kier alpha value is -1.60. The first-order chi connectivity index (χ1) is 9.49. The quantitative estimate of drug-likeness (QED) is 0.868. The van der Waals surface area contributed by atoms with Gasteiger partial charge in [-0.15, -0.1) is 0 Å². The maximum absolute atomic E-state index is 12.3. The fourth-order valence-electron chi connectivity index (χ4n) is 1.50. The van der Waals surface area contributed by atoms with Crippen molar-refractivity contribution >= 4 is 16.0 Å². The molecule has 0 bridgehead atoms. The number of aromatic carboxylic acids is 1. The molecule has 0 aliphatic rings. The molecule has 0 saturated heterocycles. The number of benzene rings is 1. The number of hydrogen-bond donors (Lipinski definition) is 2. The molecule has 2 N–H and O–H groups in total. The van der Waals surface area contributed by atoms with Crippen LogP contribution in [0.25, 0.3) is 0 Å². The Labute approximate surface area is 125 Å². The third-order valence-electron chi connectivity index (χ3n) is 3.34. The second-order valence-electron chi connectivity index (χ2n) is 5.88. The number of nitrogens with one attached hydrogen (secondary N) is 1. The molecule has 0 heterocycles. The fourth-order valence-corrected chi connectivity index (χ4v) is 2.97. The summed E-state index contributed by atoms with van der Waals surface area (Å²) < 4.78 is 32.1. The molecule has 21 heavy (non-hydrogen) atoms. The lowest BCUT2D eigenvalue weighted by molar-refractivity contribution is 0.0693. The molecule has 1 rings (SSSR count). The van der Waals surface area contributed by atoms with Crippen LogP contribution < -0.4 is 9.46 Å². The first-order valence-electron chi connectivity index (χ1n) is 6.42. The topological polar surface area (TPSA) is 92.7 Å². The van der Waals surface area contributed by atoms with Gasteiger partial charge in [0.25, 0.3) is 0 Å². The number of carboxylic acid groups (broad SMARTS) is 1. The molecule has 6 nitrogen and oxygen atoms in total. The van der Waals surface area contributed by atoms with Gasteiger partial charge in [0.15, 0.2) is 0 Å². The summed E-state index contributed by atoms with van der Waals surface area (Å²) in [6.45, 7) is 7.50. The molecule has 0 aliphatic carbocycles. The number of carbonyl (C=O) groups is 1. The molecule has 0 saturated carbocycles. The number of hydrogen-bond acceptors (Lipinski definition) is 4. The van der Waals surface area contributed by atoms with Crippen LogP contribution in [0.1, 0.15) is 38.1 Å². The highest BCUT2D eigenvalue weighted by molar-refractivity contribution is 7.89. The van der Waals surface area contributed by atoms with Crippen LogP contribution in [0.3, 0.4) is 0 Å². The summed E-state index contributed by atoms with van der Waals surface area (Å²) in [5, 5.41) is 9.10. The first-order valence-corrected chi connectivity index (χ1v) is 7.91. The minimum atomic E-state index is -3.79. The lowest BCUT2D eigenvalue weighted by Gasteiger charge is -2.27. The maximum atomic E-state index is 12.3. The summed E-state index contributed by atoms with van der Waals surface area (Å²) >= 11 is 0. The SMILES string of the molecule is COc1ccc(S(=O)(=O)NC(C)C(C)(C)C)cc1C(=O)O. The average molecular weight is 315 g/mol. The molecule has 0 amide bonds. The standard InChI is InChI=1S/C14H21NO5S/c1-9(14(2,3)4)15-21(18,19)10-6-7-12(20-5)11(8-10)13(16)17/h6-9,15H,1-5H3,(H,16,17). The predicted molar refractivity (Wildman–Crippen MR) is 79.2 cm³/mol. The molecule has 0 spiro atoms. The van der Waals surface area contributed by atoms with Gasteiger partial charge in [-0.3, -0.25) is 0 Å². The third kappa shape index (κ3) is 4.18. The highest BCUT2D eigenvalue weighted by Gasteiger charge is 2.27. The van der Waals surface area contributed by atoms with E-state index >= 15 is 0 Å². The van der Waals surface area contributed by atoms with Gasteiger partial charge in [0, 0.05) is 6.04 Å². The van der Waals surface area contributed by atoms with Crippen LogP contribution in [0.4, 0.5) is 0 Å². The minimum absolute atomic E-state index is 0.100. The van der Waals surface area contributed by atoms with Gasteiger partial charge in [0.1, 0.15) is 11.3 Å². The van der Waals surface area contributed by atoms with E-state index in [9.17, 15) is 13.2 Å². The Bertz CT molecular complexity index is 631. The zero-order valence-electron chi connectivity index (χ0n) is 12.8. The van der Waals surface area contributed by atoms with Crippen LogP contribution in [0.2, 0.25) is 0 Å². The van der Waals surface area contributed by atoms with Crippen molar-refractivity contribution in [3.63, 3.8) is 0 Å². The largest absolute Gasteiger partial charge is 0.496 e. The molecule has 0 radical (unpaired) electrons. The van der Waals surface area contributed by atoms with Crippen molar-refractivity contribution in [2.24, 2.45) is 5.41 Å². The number of ether oxygens (including phenoxy) is 1. The van der Waals surface area contributed by atoms with Crippen molar-refractivity contribution in [3.8, 4) is 5.75 Å². The molecular weight excluding hydrogens is 294 g/mol. The highest BCUT2D eigenvalue weighted by Crippen LogP contribution is 2.24. The van der Waals surface area contributed by atoms with Crippen molar-refractivity contribution in [1.29, 1.82) is 0 Å². The minimum Gasteiger partial charge on any atom is -0.496 e. The Morgan fingerprint density at radius 1 is 1.33 bits per heavy atom. The zero-order valence-corrected chi connectivity index (χ0v) is 13.6. The van der Waals surface area contributed by atoms with Crippen molar-refractivity contribution in [1.82, 2.24) is 4.72 Å². The summed E-state index contributed by atoms with van der Waals surface area (Å²) in [5.74, 6) is -1.13. The van der Waals surface area contributed by atoms with Gasteiger partial charge in [-0.1, -0.05) is 20.8 Å². The Balaban J connectivity index is 3.21. The van der Waals surface area contributed by atoms with Gasteiger partial charge < -0.3 is 9.84 Å². The van der Waals surface area contributed by atoms with E-state index in [1.54, 1.807) is 6.92 Å². The lowest BCUT2D eigenvalue weighted by Crippen LogP contribution is -2.41. The van der Waals surface area contributed by atoms with E-state index in [2.05, 4.69) is 4.72 Å². The van der Waals surface area contributed by atoms with E-state index < -0.39 is 16.0 Å². The Morgan fingerprint density at radius 2 is 1.90 bits per heavy atom. The smallest absolute Gasteiger partial charge is 0.339 e. The van der Waals surface area contributed by atoms with E-state index in [0.717, 1.165) is 6.07 Å². The second-order valence-corrected chi connectivity index (χ2v) is 7.59. The Kier molecular flexibility index (Phi) is 5.01. The molecule has 0 aromatic heterocycles. The summed E-state index contributed by atoms with van der Waals surface area (Å²) in [6.07, 6.45) is 0. The summed E-state index contributed by atoms with van der Waals surface area (Å²) in [6, 6.07) is 3.44. The lowest BCUT2D eigenvalue weighted by atomic mass is 9.89. The molecule has 1 aromatic rings. The van der Waals surface area contributed by atoms with Crippen LogP contribution in [0.5, 0.6) is 5.75 Å². The third-order valence-corrected chi connectivity index (χ3v) is 4.88. The van der Waals surface area contributed by atoms with Crippen molar-refractivity contribution < 1.29 is 23.1 Å². The van der Waals surface area contributed by atoms with Gasteiger partial charge in [-0.2, -0.15) is 0 Å². The predicted octanol–water partition coefficient (Wildman–Crippen LogP) is 2.11. The normalized spacial score (nSPS) is 13.8. The molecule has 0 fully saturated rings. The van der Waals surface area contributed by atoms with E-state index in [1.165, 1.54) is 19.2 Å². The number of sulfonamides is 1. The summed E-state index contributed by atoms with van der Waals surface area (Å²) in [4.78, 5) is 11.0. The maximum Gasteiger partial charge on any atom is 0.339 e. The van der Waals surface area contributed by atoms with E-state index in [1.807, 2.05) is 20.8 Å². The summed E-state index contributed by atoms with van der Waals surface area (Å²) in [5.41, 5.74) is -0.446. The number of rotatable bonds is 5. The van der Waals surface area contributed by atoms with Gasteiger partial charge in [0.05, 0.1) is 12.0 Å². The molecule has 118 valence electrons. The van der Waals surface area contributed by atoms with Gasteiger partial charge in [0.2, 0.25) is 10.0 Å². The van der Waals surface area contributed by atoms with Gasteiger partial charge in [-0.05, 0) is 30.5 Å². The Morgan fingerprint density at radius 3 is 2.33 bits per heavy atom. The molecule has 1 aromatic carbocycles. The highest BCUT2D eigenvalue weighted by atomic mass is 32.2. The van der Waals surface area contributed by atoms with E-state index in [-0.39, 0.29) is 27.7 Å². The first kappa shape index (κ1) is 17.5. The molecular formula is C14H21NO5S. The van der Waals surface area contributed by atoms with E-state index in [4.69, 9.17) is 9.84 Å². The number of carboxylic acids is 1. The monoisotopic (exact) mass is 315 g/mol. The summed E-state index contributed by atoms with van der Waals surface area (Å²) in [7, 11) is -2.46. The van der Waals surface area contributed by atoms with Crippen molar-refractivity contribution in [2.75, 3.05) is 7.11 Å². The van der Waals surface area contributed by atoms with Crippen molar-refractivity contribution in [3.05, 3.63) is 23.8 Å². The average Bonchev–Trinajstić information content (AvgIpc) is 2.36. The molecule has 0 aliphatic heterocycles. The zero-order chi connectivity index (χ0) is 16.4. The van der Waals surface area contributed by atoms with Crippen LogP contribution in [0, 0.1) is 5.41 Å². The van der Waals surface area contributed by atoms with Crippen LogP contribution in [-0.2, 0) is 10.0 Å².